The van der Waals surface area contributed by atoms with E-state index >= 15 is 0 Å². The Morgan fingerprint density at radius 2 is 1.50 bits per heavy atom. The highest BCUT2D eigenvalue weighted by atomic mass is 16.4. The van der Waals surface area contributed by atoms with Crippen LogP contribution in [0.5, 0.6) is 0 Å². The maximum atomic E-state index is 10.5. The fourth-order valence-electron chi connectivity index (χ4n) is 1.48. The highest BCUT2D eigenvalue weighted by molar-refractivity contribution is 5.84. The third-order valence-corrected chi connectivity index (χ3v) is 2.88. The van der Waals surface area contributed by atoms with Crippen molar-refractivity contribution in [2.75, 3.05) is 13.2 Å². The second-order valence-corrected chi connectivity index (χ2v) is 4.87. The van der Waals surface area contributed by atoms with Crippen molar-refractivity contribution < 1.29 is 40.2 Å². The molecule has 6 N–H and O–H groups in total. The maximum Gasteiger partial charge on any atom is 0.303 e. The third kappa shape index (κ3) is 12.7. The zero-order valence-electron chi connectivity index (χ0n) is 12.9. The molecule has 8 nitrogen and oxygen atoms in total. The van der Waals surface area contributed by atoms with Gasteiger partial charge in [-0.2, -0.15) is 0 Å². The molecule has 0 radical (unpaired) electrons. The number of aliphatic hydroxyl groups excluding tert-OH is 5. The fourth-order valence-corrected chi connectivity index (χ4v) is 1.48. The molecule has 0 spiro atoms. The zero-order valence-corrected chi connectivity index (χ0v) is 12.9. The number of hydrogen-bond acceptors (Lipinski definition) is 7. The topological polar surface area (TPSA) is 156 Å². The van der Waals surface area contributed by atoms with Crippen molar-refractivity contribution in [2.45, 2.75) is 63.8 Å². The molecule has 0 rings (SSSR count). The Hall–Kier alpha value is -1.06. The first kappa shape index (κ1) is 23.2. The van der Waals surface area contributed by atoms with Crippen molar-refractivity contribution >= 4 is 11.8 Å². The molecule has 0 saturated carbocycles. The lowest BCUT2D eigenvalue weighted by molar-refractivity contribution is -0.142. The van der Waals surface area contributed by atoms with Crippen molar-refractivity contribution in [3.8, 4) is 0 Å². The second kappa shape index (κ2) is 14.9. The monoisotopic (exact) mass is 324 g/mol. The van der Waals surface area contributed by atoms with Crippen molar-refractivity contribution in [3.05, 3.63) is 0 Å². The number of carboxylic acids is 1. The number of ketones is 1. The minimum atomic E-state index is -1.86. The molecular weight excluding hydrogens is 296 g/mol. The molecule has 0 amide bonds. The lowest BCUT2D eigenvalue weighted by Crippen LogP contribution is -2.44. The summed E-state index contributed by atoms with van der Waals surface area (Å²) in [5.41, 5.74) is 0. The standard InChI is InChI=1S/C8H16O2.C6H12O6/c1-2-3-4-5-6-7-8(9)10;7-1-3(9)5(11)6(12)4(10)2-8/h2-7H2,1H3,(H,9,10);3,5-9,11-12H,1-2H2/t;3-,5+,6+/m.1/s1. The van der Waals surface area contributed by atoms with Gasteiger partial charge in [0.05, 0.1) is 6.61 Å². The Morgan fingerprint density at radius 1 is 0.955 bits per heavy atom. The van der Waals surface area contributed by atoms with E-state index in [0.717, 1.165) is 12.8 Å². The third-order valence-electron chi connectivity index (χ3n) is 2.88. The van der Waals surface area contributed by atoms with Crippen LogP contribution in [0.3, 0.4) is 0 Å². The first-order chi connectivity index (χ1) is 10.3. The molecule has 0 aromatic carbocycles. The van der Waals surface area contributed by atoms with Crippen LogP contribution in [-0.4, -0.2) is 73.9 Å². The summed E-state index contributed by atoms with van der Waals surface area (Å²) in [4.78, 5) is 20.6. The second-order valence-electron chi connectivity index (χ2n) is 4.87. The van der Waals surface area contributed by atoms with Gasteiger partial charge in [0, 0.05) is 6.42 Å². The Kier molecular flexibility index (Phi) is 15.7. The number of carbonyl (C=O) groups excluding carboxylic acids is 1. The molecule has 0 fully saturated rings. The average Bonchev–Trinajstić information content (AvgIpc) is 2.51. The number of carbonyl (C=O) groups is 2. The van der Waals surface area contributed by atoms with Crippen molar-refractivity contribution in [2.24, 2.45) is 0 Å². The Balaban J connectivity index is 0. The molecule has 132 valence electrons. The summed E-state index contributed by atoms with van der Waals surface area (Å²) in [5, 5.41) is 51.3. The molecule has 22 heavy (non-hydrogen) atoms. The van der Waals surface area contributed by atoms with Gasteiger partial charge in [-0.1, -0.05) is 32.6 Å². The van der Waals surface area contributed by atoms with Crippen molar-refractivity contribution in [1.29, 1.82) is 0 Å². The maximum absolute atomic E-state index is 10.5. The molecule has 0 aliphatic rings. The fraction of sp³-hybridized carbons (Fsp3) is 0.857. The van der Waals surface area contributed by atoms with Crippen LogP contribution >= 0.6 is 0 Å². The average molecular weight is 324 g/mol. The molecule has 0 bridgehead atoms. The van der Waals surface area contributed by atoms with E-state index in [2.05, 4.69) is 6.92 Å². The van der Waals surface area contributed by atoms with Crippen LogP contribution in [0.15, 0.2) is 0 Å². The summed E-state index contributed by atoms with van der Waals surface area (Å²) in [5.74, 6) is -1.67. The first-order valence-electron chi connectivity index (χ1n) is 7.32. The molecule has 0 aromatic heterocycles. The van der Waals surface area contributed by atoms with Gasteiger partial charge in [0.1, 0.15) is 24.9 Å². The molecule has 0 unspecified atom stereocenters. The van der Waals surface area contributed by atoms with Crippen LogP contribution < -0.4 is 0 Å². The van der Waals surface area contributed by atoms with E-state index in [0.29, 0.717) is 6.42 Å². The predicted molar refractivity (Wildman–Crippen MR) is 78.2 cm³/mol. The van der Waals surface area contributed by atoms with Crippen LogP contribution in [0, 0.1) is 0 Å². The van der Waals surface area contributed by atoms with Gasteiger partial charge in [0.25, 0.3) is 0 Å². The smallest absolute Gasteiger partial charge is 0.303 e. The van der Waals surface area contributed by atoms with Crippen LogP contribution in [0.2, 0.25) is 0 Å². The molecule has 0 saturated heterocycles. The van der Waals surface area contributed by atoms with E-state index in [9.17, 15) is 9.59 Å². The Labute approximate surface area is 130 Å². The number of hydrogen-bond donors (Lipinski definition) is 6. The number of carboxylic acid groups (broad SMARTS) is 1. The predicted octanol–water partition coefficient (Wildman–Crippen LogP) is -0.946. The van der Waals surface area contributed by atoms with Gasteiger partial charge in [0.2, 0.25) is 0 Å². The number of aliphatic carboxylic acids is 1. The minimum absolute atomic E-state index is 0.337. The van der Waals surface area contributed by atoms with Gasteiger partial charge in [-0.05, 0) is 6.42 Å². The Bertz CT molecular complexity index is 295. The van der Waals surface area contributed by atoms with Crippen molar-refractivity contribution in [1.82, 2.24) is 0 Å². The molecular formula is C14H28O8. The molecule has 0 aliphatic heterocycles. The van der Waals surface area contributed by atoms with E-state index in [1.807, 2.05) is 0 Å². The van der Waals surface area contributed by atoms with Crippen LogP contribution in [0.1, 0.15) is 45.4 Å². The molecule has 0 aliphatic carbocycles. The number of rotatable bonds is 11. The van der Waals surface area contributed by atoms with Gasteiger partial charge in [0.15, 0.2) is 5.78 Å². The van der Waals surface area contributed by atoms with Gasteiger partial charge in [-0.25, -0.2) is 0 Å². The van der Waals surface area contributed by atoms with E-state index in [1.54, 1.807) is 0 Å². The van der Waals surface area contributed by atoms with E-state index in [-0.39, 0.29) is 0 Å². The normalized spacial score (nSPS) is 14.5. The van der Waals surface area contributed by atoms with E-state index < -0.39 is 43.3 Å². The summed E-state index contributed by atoms with van der Waals surface area (Å²) in [6, 6.07) is 0. The lowest BCUT2D eigenvalue weighted by Gasteiger charge is -2.19. The zero-order chi connectivity index (χ0) is 17.5. The highest BCUT2D eigenvalue weighted by Crippen LogP contribution is 2.04. The number of Topliss-reactive ketones (excluding diaryl/α,β-unsaturated/α-hetero) is 1. The lowest BCUT2D eigenvalue weighted by atomic mass is 10.1. The highest BCUT2D eigenvalue weighted by Gasteiger charge is 2.28. The summed E-state index contributed by atoms with van der Waals surface area (Å²) >= 11 is 0. The summed E-state index contributed by atoms with van der Waals surface area (Å²) in [7, 11) is 0. The van der Waals surface area contributed by atoms with Crippen molar-refractivity contribution in [3.63, 3.8) is 0 Å². The van der Waals surface area contributed by atoms with Gasteiger partial charge in [-0.15, -0.1) is 0 Å². The quantitative estimate of drug-likeness (QED) is 0.266. The van der Waals surface area contributed by atoms with Crippen LogP contribution in [0.25, 0.3) is 0 Å². The van der Waals surface area contributed by atoms with Gasteiger partial charge in [-0.3, -0.25) is 9.59 Å². The Morgan fingerprint density at radius 3 is 1.91 bits per heavy atom. The van der Waals surface area contributed by atoms with Gasteiger partial charge < -0.3 is 30.6 Å². The number of aliphatic hydroxyl groups is 5. The SMILES string of the molecule is CCCCCCCC(=O)O.O=C(CO)[C@H](O)[C@@H](O)[C@H](O)CO. The first-order valence-corrected chi connectivity index (χ1v) is 7.32. The molecule has 8 heteroatoms. The minimum Gasteiger partial charge on any atom is -0.481 e. The summed E-state index contributed by atoms with van der Waals surface area (Å²) in [6.45, 7) is 0.463. The van der Waals surface area contributed by atoms with Crippen LogP contribution in [0.4, 0.5) is 0 Å². The van der Waals surface area contributed by atoms with Gasteiger partial charge >= 0.3 is 5.97 Å². The number of unbranched alkanes of at least 4 members (excludes halogenated alkanes) is 4. The summed E-state index contributed by atoms with van der Waals surface area (Å²) < 4.78 is 0. The van der Waals surface area contributed by atoms with E-state index in [4.69, 9.17) is 30.6 Å². The molecule has 3 atom stereocenters. The molecule has 0 aromatic rings. The van der Waals surface area contributed by atoms with E-state index in [1.165, 1.54) is 19.3 Å². The van der Waals surface area contributed by atoms with Crippen LogP contribution in [-0.2, 0) is 9.59 Å². The largest absolute Gasteiger partial charge is 0.481 e. The molecule has 0 heterocycles. The summed E-state index contributed by atoms with van der Waals surface area (Å²) in [6.07, 6.45) is 0.664.